The molecule has 0 aliphatic heterocycles. The van der Waals surface area contributed by atoms with E-state index in [0.29, 0.717) is 0 Å². The first-order chi connectivity index (χ1) is 14.7. The summed E-state index contributed by atoms with van der Waals surface area (Å²) in [6.07, 6.45) is 21.1. The van der Waals surface area contributed by atoms with E-state index in [1.165, 1.54) is 96.3 Å². The molecule has 0 atom stereocenters. The predicted molar refractivity (Wildman–Crippen MR) is 138 cm³/mol. The monoisotopic (exact) mass is 453 g/mol. The van der Waals surface area contributed by atoms with Crippen LogP contribution in [0.1, 0.15) is 117 Å². The fourth-order valence-electron chi connectivity index (χ4n) is 6.73. The van der Waals surface area contributed by atoms with Gasteiger partial charge >= 0.3 is 7.87 Å². The maximum Gasteiger partial charge on any atom is 0.308 e. The van der Waals surface area contributed by atoms with Crippen molar-refractivity contribution in [3.05, 3.63) is 0 Å². The highest BCUT2D eigenvalue weighted by molar-refractivity contribution is 7.66. The first-order valence-electron chi connectivity index (χ1n) is 13.5. The maximum atomic E-state index is 2.95. The van der Waals surface area contributed by atoms with Crippen LogP contribution in [0.25, 0.3) is 0 Å². The summed E-state index contributed by atoms with van der Waals surface area (Å²) >= 11 is 0. The molecule has 0 aromatic carbocycles. The lowest BCUT2D eigenvalue weighted by Gasteiger charge is -2.56. The van der Waals surface area contributed by atoms with Gasteiger partial charge in [-0.25, -0.2) is 0 Å². The van der Waals surface area contributed by atoms with E-state index in [-0.39, 0.29) is 5.54 Å². The smallest absolute Gasteiger partial charge is 0.133 e. The molecule has 3 rings (SSSR count). The third kappa shape index (κ3) is 5.51. The number of nitrogens with zero attached hydrogens (tertiary/aromatic N) is 4. The third-order valence-corrected chi connectivity index (χ3v) is 13.9. The van der Waals surface area contributed by atoms with Gasteiger partial charge in [-0.3, -0.25) is 0 Å². The third-order valence-electron chi connectivity index (χ3n) is 8.95. The summed E-state index contributed by atoms with van der Waals surface area (Å²) in [6.45, 7) is 7.33. The van der Waals surface area contributed by atoms with Crippen LogP contribution in [0.2, 0.25) is 0 Å². The van der Waals surface area contributed by atoms with Crippen LogP contribution in [0.5, 0.6) is 0 Å². The molecule has 0 aromatic heterocycles. The molecular formula is C26H54N4P+. The Balaban J connectivity index is 2.07. The van der Waals surface area contributed by atoms with Gasteiger partial charge in [0.15, 0.2) is 0 Å². The van der Waals surface area contributed by atoms with Crippen molar-refractivity contribution < 1.29 is 0 Å². The Morgan fingerprint density at radius 3 is 0.968 bits per heavy atom. The number of hydrogen-bond donors (Lipinski definition) is 0. The second-order valence-electron chi connectivity index (χ2n) is 11.8. The summed E-state index contributed by atoms with van der Waals surface area (Å²) < 4.78 is 11.7. The zero-order valence-corrected chi connectivity index (χ0v) is 23.0. The molecule has 3 saturated carbocycles. The Morgan fingerprint density at radius 2 is 0.742 bits per heavy atom. The average Bonchev–Trinajstić information content (AvgIpc) is 2.80. The molecule has 3 aliphatic carbocycles. The SMILES string of the molecule is CN(C1CCCCC1)[P+](N(C)C1CCCCC1)(N(C)C1CCCCC1)N(C)C(C)(C)C. The van der Waals surface area contributed by atoms with E-state index >= 15 is 0 Å². The molecule has 31 heavy (non-hydrogen) atoms. The molecule has 0 unspecified atom stereocenters. The Kier molecular flexibility index (Phi) is 9.29. The van der Waals surface area contributed by atoms with E-state index in [9.17, 15) is 0 Å². The molecule has 5 heteroatoms. The molecule has 182 valence electrons. The molecule has 0 N–H and O–H groups in total. The molecule has 3 aliphatic rings. The summed E-state index contributed by atoms with van der Waals surface area (Å²) in [7, 11) is 8.17. The van der Waals surface area contributed by atoms with E-state index in [0.717, 1.165) is 18.1 Å². The number of hydrogen-bond acceptors (Lipinski definition) is 4. The van der Waals surface area contributed by atoms with Crippen molar-refractivity contribution in [3.8, 4) is 0 Å². The quantitative estimate of drug-likeness (QED) is 0.378. The molecule has 0 heterocycles. The summed E-state index contributed by atoms with van der Waals surface area (Å²) in [5.74, 6) is 0. The largest absolute Gasteiger partial charge is 0.308 e. The van der Waals surface area contributed by atoms with Crippen LogP contribution >= 0.6 is 7.87 Å². The molecule has 0 saturated heterocycles. The van der Waals surface area contributed by atoms with Gasteiger partial charge in [-0.1, -0.05) is 57.8 Å². The molecule has 0 amide bonds. The van der Waals surface area contributed by atoms with Crippen molar-refractivity contribution in [1.82, 2.24) is 18.7 Å². The average molecular weight is 454 g/mol. The lowest BCUT2D eigenvalue weighted by atomic mass is 9.96. The standard InChI is InChI=1S/C26H54N4P/c1-26(2,3)30(7)31(27(4)23-17-11-8-12-18-23,28(5)24-19-13-9-14-20-24)29(6)25-21-15-10-16-22-25/h23-25H,8-22H2,1-7H3/q+1. The van der Waals surface area contributed by atoms with E-state index in [2.05, 4.69) is 67.6 Å². The Hall–Kier alpha value is 0.270. The number of rotatable bonds is 7. The Labute approximate surface area is 195 Å². The van der Waals surface area contributed by atoms with Crippen LogP contribution in [-0.2, 0) is 0 Å². The maximum absolute atomic E-state index is 2.95. The fraction of sp³-hybridized carbons (Fsp3) is 1.00. The molecule has 0 radical (unpaired) electrons. The van der Waals surface area contributed by atoms with Crippen LogP contribution in [0, 0.1) is 0 Å². The zero-order chi connectivity index (χ0) is 22.6. The van der Waals surface area contributed by atoms with Gasteiger partial charge < -0.3 is 0 Å². The first-order valence-corrected chi connectivity index (χ1v) is 15.1. The van der Waals surface area contributed by atoms with Crippen LogP contribution in [-0.4, -0.2) is 70.5 Å². The highest BCUT2D eigenvalue weighted by Crippen LogP contribution is 2.73. The van der Waals surface area contributed by atoms with Gasteiger partial charge in [-0.2, -0.15) is 0 Å². The van der Waals surface area contributed by atoms with Crippen molar-refractivity contribution in [2.24, 2.45) is 0 Å². The van der Waals surface area contributed by atoms with Crippen LogP contribution < -0.4 is 0 Å². The van der Waals surface area contributed by atoms with Crippen LogP contribution in [0.15, 0.2) is 0 Å². The van der Waals surface area contributed by atoms with Crippen molar-refractivity contribution >= 4 is 7.87 Å². The van der Waals surface area contributed by atoms with Crippen LogP contribution in [0.4, 0.5) is 0 Å². The van der Waals surface area contributed by atoms with Gasteiger partial charge in [0.2, 0.25) is 0 Å². The van der Waals surface area contributed by atoms with Crippen molar-refractivity contribution in [1.29, 1.82) is 0 Å². The van der Waals surface area contributed by atoms with E-state index in [1.54, 1.807) is 0 Å². The molecule has 0 bridgehead atoms. The summed E-state index contributed by atoms with van der Waals surface area (Å²) in [5, 5.41) is 0. The van der Waals surface area contributed by atoms with Gasteiger partial charge in [0.1, 0.15) is 0 Å². The van der Waals surface area contributed by atoms with Gasteiger partial charge in [0, 0.05) is 46.3 Å². The summed E-state index contributed by atoms with van der Waals surface area (Å²) in [5.41, 5.74) is 0.141. The van der Waals surface area contributed by atoms with Gasteiger partial charge in [-0.15, -0.1) is 18.7 Å². The lowest BCUT2D eigenvalue weighted by molar-refractivity contribution is 0.145. The first kappa shape index (κ1) is 25.9. The lowest BCUT2D eigenvalue weighted by Crippen LogP contribution is -2.59. The zero-order valence-electron chi connectivity index (χ0n) is 22.1. The normalized spacial score (nSPS) is 24.1. The highest BCUT2D eigenvalue weighted by atomic mass is 31.2. The van der Waals surface area contributed by atoms with Gasteiger partial charge in [0.05, 0.1) is 5.54 Å². The molecular weight excluding hydrogens is 399 g/mol. The summed E-state index contributed by atoms with van der Waals surface area (Å²) in [6, 6.07) is 2.18. The molecule has 3 fully saturated rings. The predicted octanol–water partition coefficient (Wildman–Crippen LogP) is 7.19. The molecule has 4 nitrogen and oxygen atoms in total. The Bertz CT molecular complexity index is 470. The highest BCUT2D eigenvalue weighted by Gasteiger charge is 2.63. The second-order valence-corrected chi connectivity index (χ2v) is 15.4. The summed E-state index contributed by atoms with van der Waals surface area (Å²) in [4.78, 5) is 0. The van der Waals surface area contributed by atoms with Crippen molar-refractivity contribution in [3.63, 3.8) is 0 Å². The van der Waals surface area contributed by atoms with E-state index < -0.39 is 7.87 Å². The van der Waals surface area contributed by atoms with Crippen LogP contribution in [0.3, 0.4) is 0 Å². The minimum atomic E-state index is -1.85. The fourth-order valence-corrected chi connectivity index (χ4v) is 12.1. The molecule has 0 aromatic rings. The topological polar surface area (TPSA) is 13.0 Å². The Morgan fingerprint density at radius 1 is 0.484 bits per heavy atom. The second kappa shape index (κ2) is 11.1. The van der Waals surface area contributed by atoms with E-state index in [1.807, 2.05) is 0 Å². The van der Waals surface area contributed by atoms with Gasteiger partial charge in [0.25, 0.3) is 0 Å². The van der Waals surface area contributed by atoms with Crippen molar-refractivity contribution in [2.75, 3.05) is 28.2 Å². The minimum absolute atomic E-state index is 0.141. The van der Waals surface area contributed by atoms with Crippen molar-refractivity contribution in [2.45, 2.75) is 141 Å². The molecule has 0 spiro atoms. The minimum Gasteiger partial charge on any atom is -0.133 e. The van der Waals surface area contributed by atoms with E-state index in [4.69, 9.17) is 0 Å². The van der Waals surface area contributed by atoms with Gasteiger partial charge in [-0.05, 0) is 59.3 Å².